The van der Waals surface area contributed by atoms with E-state index in [0.717, 1.165) is 6.42 Å². The van der Waals surface area contributed by atoms with Crippen molar-refractivity contribution in [1.29, 1.82) is 0 Å². The van der Waals surface area contributed by atoms with Crippen LogP contribution in [0.5, 0.6) is 0 Å². The van der Waals surface area contributed by atoms with E-state index in [0.29, 0.717) is 5.92 Å². The van der Waals surface area contributed by atoms with Gasteiger partial charge in [0.2, 0.25) is 0 Å². The number of allylic oxidation sites excluding steroid dienone is 2. The summed E-state index contributed by atoms with van der Waals surface area (Å²) < 4.78 is 14.7. The Labute approximate surface area is 98.3 Å². The summed E-state index contributed by atoms with van der Waals surface area (Å²) in [6.07, 6.45) is 9.60. The van der Waals surface area contributed by atoms with Gasteiger partial charge in [0.15, 0.2) is 0 Å². The summed E-state index contributed by atoms with van der Waals surface area (Å²) in [5.41, 5.74) is 0.439. The third kappa shape index (κ3) is 0.966. The van der Waals surface area contributed by atoms with Crippen molar-refractivity contribution in [3.63, 3.8) is 0 Å². The lowest BCUT2D eigenvalue weighted by Gasteiger charge is -2.35. The molecule has 3 atom stereocenters. The minimum absolute atomic E-state index is 0.0132. The third-order valence-corrected chi connectivity index (χ3v) is 5.62. The Balaban J connectivity index is 1.91. The van der Waals surface area contributed by atoms with Crippen molar-refractivity contribution in [2.75, 3.05) is 0 Å². The highest BCUT2D eigenvalue weighted by Crippen LogP contribution is 2.95. The largest absolute Gasteiger partial charge is 0.242 e. The summed E-state index contributed by atoms with van der Waals surface area (Å²) in [7, 11) is 0. The topological polar surface area (TPSA) is 0 Å². The van der Waals surface area contributed by atoms with Crippen molar-refractivity contribution in [3.8, 4) is 0 Å². The maximum absolute atomic E-state index is 14.7. The second-order valence-corrected chi connectivity index (χ2v) is 6.74. The summed E-state index contributed by atoms with van der Waals surface area (Å²) in [5, 5.41) is 0. The average molecular weight is 222 g/mol. The summed E-state index contributed by atoms with van der Waals surface area (Å²) in [6, 6.07) is 0. The SMILES string of the molecule is CC(C)=CC1(C2CCCCC2)C2(C)C[C@]21F. The molecular formula is C15H23F. The van der Waals surface area contributed by atoms with Gasteiger partial charge in [-0.3, -0.25) is 0 Å². The van der Waals surface area contributed by atoms with Crippen molar-refractivity contribution in [2.45, 2.75) is 65.0 Å². The fourth-order valence-electron chi connectivity index (χ4n) is 4.69. The first-order chi connectivity index (χ1) is 7.48. The highest BCUT2D eigenvalue weighted by atomic mass is 19.1. The number of alkyl halides is 1. The quantitative estimate of drug-likeness (QED) is 0.596. The van der Waals surface area contributed by atoms with Gasteiger partial charge in [0.25, 0.3) is 0 Å². The van der Waals surface area contributed by atoms with Crippen molar-refractivity contribution in [1.82, 2.24) is 0 Å². The van der Waals surface area contributed by atoms with E-state index in [1.165, 1.54) is 37.7 Å². The Hall–Kier alpha value is -0.330. The minimum Gasteiger partial charge on any atom is -0.242 e. The van der Waals surface area contributed by atoms with E-state index in [4.69, 9.17) is 0 Å². The molecule has 0 saturated heterocycles. The molecule has 3 aliphatic rings. The molecule has 0 bridgehead atoms. The van der Waals surface area contributed by atoms with Crippen molar-refractivity contribution >= 4 is 0 Å². The zero-order chi connectivity index (χ0) is 11.6. The molecule has 0 aliphatic heterocycles. The van der Waals surface area contributed by atoms with Crippen LogP contribution in [0.1, 0.15) is 59.3 Å². The Morgan fingerprint density at radius 3 is 2.12 bits per heavy atom. The lowest BCUT2D eigenvalue weighted by atomic mass is 9.69. The average Bonchev–Trinajstić information content (AvgIpc) is 2.95. The molecule has 3 fully saturated rings. The standard InChI is InChI=1S/C15H23F/c1-11(2)9-14(12-7-5-4-6-8-12)13(3)10-15(13,14)16/h9,12H,4-8,10H2,1-3H3/t13?,14?,15-/m0/s1. The molecule has 1 heteroatoms. The van der Waals surface area contributed by atoms with E-state index >= 15 is 0 Å². The zero-order valence-corrected chi connectivity index (χ0v) is 10.8. The van der Waals surface area contributed by atoms with Crippen molar-refractivity contribution < 1.29 is 4.39 Å². The number of hydrogen-bond acceptors (Lipinski definition) is 0. The van der Waals surface area contributed by atoms with Crippen LogP contribution in [-0.2, 0) is 0 Å². The predicted octanol–water partition coefficient (Wildman–Crippen LogP) is 4.65. The van der Waals surface area contributed by atoms with Gasteiger partial charge < -0.3 is 0 Å². The van der Waals surface area contributed by atoms with Crippen LogP contribution >= 0.6 is 0 Å². The van der Waals surface area contributed by atoms with Crippen LogP contribution in [0.3, 0.4) is 0 Å². The Morgan fingerprint density at radius 2 is 1.75 bits per heavy atom. The van der Waals surface area contributed by atoms with Gasteiger partial charge in [-0.25, -0.2) is 4.39 Å². The second kappa shape index (κ2) is 2.91. The molecule has 90 valence electrons. The molecule has 0 radical (unpaired) electrons. The normalized spacial score (nSPS) is 50.8. The van der Waals surface area contributed by atoms with Gasteiger partial charge >= 0.3 is 0 Å². The Kier molecular flexibility index (Phi) is 1.97. The van der Waals surface area contributed by atoms with Crippen molar-refractivity contribution in [2.24, 2.45) is 16.7 Å². The molecular weight excluding hydrogens is 199 g/mol. The maximum atomic E-state index is 14.7. The molecule has 0 N–H and O–H groups in total. The first kappa shape index (κ1) is 10.8. The van der Waals surface area contributed by atoms with E-state index in [-0.39, 0.29) is 10.8 Å². The van der Waals surface area contributed by atoms with Crippen LogP contribution in [0.25, 0.3) is 0 Å². The molecule has 3 saturated carbocycles. The fraction of sp³-hybridized carbons (Fsp3) is 0.867. The fourth-order valence-corrected chi connectivity index (χ4v) is 4.69. The monoisotopic (exact) mass is 222 g/mol. The van der Waals surface area contributed by atoms with E-state index in [1.807, 2.05) is 0 Å². The predicted molar refractivity (Wildman–Crippen MR) is 65.0 cm³/mol. The van der Waals surface area contributed by atoms with Crippen LogP contribution in [0.2, 0.25) is 0 Å². The third-order valence-electron chi connectivity index (χ3n) is 5.62. The molecule has 0 amide bonds. The Morgan fingerprint density at radius 1 is 1.19 bits per heavy atom. The summed E-state index contributed by atoms with van der Waals surface area (Å²) in [4.78, 5) is 0. The van der Waals surface area contributed by atoms with Gasteiger partial charge in [-0.15, -0.1) is 0 Å². The molecule has 0 nitrogen and oxygen atoms in total. The van der Waals surface area contributed by atoms with Gasteiger partial charge in [-0.1, -0.05) is 37.8 Å². The lowest BCUT2D eigenvalue weighted by molar-refractivity contribution is 0.140. The zero-order valence-electron chi connectivity index (χ0n) is 10.8. The molecule has 3 aliphatic carbocycles. The summed E-state index contributed by atoms with van der Waals surface area (Å²) in [6.45, 7) is 6.41. The van der Waals surface area contributed by atoms with Gasteiger partial charge in [0, 0.05) is 10.8 Å². The van der Waals surface area contributed by atoms with Crippen LogP contribution in [-0.4, -0.2) is 5.67 Å². The molecule has 0 aromatic rings. The van der Waals surface area contributed by atoms with E-state index < -0.39 is 5.67 Å². The molecule has 3 rings (SSSR count). The molecule has 0 heterocycles. The molecule has 0 spiro atoms. The van der Waals surface area contributed by atoms with E-state index in [2.05, 4.69) is 26.8 Å². The molecule has 2 unspecified atom stereocenters. The summed E-state index contributed by atoms with van der Waals surface area (Å²) >= 11 is 0. The molecule has 16 heavy (non-hydrogen) atoms. The first-order valence-electron chi connectivity index (χ1n) is 6.83. The Bertz CT molecular complexity index is 332. The van der Waals surface area contributed by atoms with E-state index in [1.54, 1.807) is 0 Å². The van der Waals surface area contributed by atoms with Gasteiger partial charge in [0.05, 0.1) is 0 Å². The van der Waals surface area contributed by atoms with Gasteiger partial charge in [-0.2, -0.15) is 0 Å². The second-order valence-electron chi connectivity index (χ2n) is 6.74. The smallest absolute Gasteiger partial charge is 0.128 e. The molecule has 0 aromatic carbocycles. The highest BCUT2D eigenvalue weighted by Gasteiger charge is 2.99. The maximum Gasteiger partial charge on any atom is 0.128 e. The van der Waals surface area contributed by atoms with Crippen LogP contribution < -0.4 is 0 Å². The number of rotatable bonds is 2. The lowest BCUT2D eigenvalue weighted by Crippen LogP contribution is -2.30. The van der Waals surface area contributed by atoms with Crippen LogP contribution in [0.15, 0.2) is 11.6 Å². The van der Waals surface area contributed by atoms with Gasteiger partial charge in [-0.05, 0) is 39.0 Å². The van der Waals surface area contributed by atoms with Crippen molar-refractivity contribution in [3.05, 3.63) is 11.6 Å². The number of hydrogen-bond donors (Lipinski definition) is 0. The summed E-state index contributed by atoms with van der Waals surface area (Å²) in [5.74, 6) is 0.625. The highest BCUT2D eigenvalue weighted by molar-refractivity contribution is 5.52. The van der Waals surface area contributed by atoms with Crippen LogP contribution in [0, 0.1) is 16.7 Å². The number of fused-ring (bicyclic) bond motifs is 1. The van der Waals surface area contributed by atoms with E-state index in [9.17, 15) is 4.39 Å². The number of halogens is 1. The van der Waals surface area contributed by atoms with Crippen LogP contribution in [0.4, 0.5) is 4.39 Å². The van der Waals surface area contributed by atoms with Gasteiger partial charge in [0.1, 0.15) is 5.67 Å². The first-order valence-corrected chi connectivity index (χ1v) is 6.83. The minimum atomic E-state index is -0.820. The molecule has 0 aromatic heterocycles.